The minimum atomic E-state index is -0.512. The number of halogens is 1. The summed E-state index contributed by atoms with van der Waals surface area (Å²) in [6.07, 6.45) is 5.01. The summed E-state index contributed by atoms with van der Waals surface area (Å²) in [7, 11) is 0. The third kappa shape index (κ3) is 5.02. The molecular weight excluding hydrogens is 399 g/mol. The Morgan fingerprint density at radius 1 is 1.06 bits per heavy atom. The minimum Gasteiger partial charge on any atom is -0.481 e. The van der Waals surface area contributed by atoms with Crippen LogP contribution in [-0.2, 0) is 4.79 Å². The third-order valence-electron chi connectivity index (χ3n) is 4.36. The van der Waals surface area contributed by atoms with Gasteiger partial charge in [-0.05, 0) is 43.3 Å². The van der Waals surface area contributed by atoms with Gasteiger partial charge in [-0.1, -0.05) is 12.1 Å². The first-order valence-electron chi connectivity index (χ1n) is 9.45. The van der Waals surface area contributed by atoms with Gasteiger partial charge in [0, 0.05) is 29.8 Å². The van der Waals surface area contributed by atoms with Gasteiger partial charge in [-0.25, -0.2) is 19.3 Å². The monoisotopic (exact) mass is 418 g/mol. The molecule has 2 aromatic carbocycles. The highest BCUT2D eigenvalue weighted by atomic mass is 19.1. The number of rotatable bonds is 7. The summed E-state index contributed by atoms with van der Waals surface area (Å²) < 4.78 is 20.6. The zero-order chi connectivity index (χ0) is 21.6. The number of nitrogens with zero attached hydrogens (tertiary/aromatic N) is 4. The molecule has 0 bridgehead atoms. The van der Waals surface area contributed by atoms with Gasteiger partial charge < -0.3 is 15.4 Å². The van der Waals surface area contributed by atoms with Gasteiger partial charge in [-0.2, -0.15) is 0 Å². The standard InChI is InChI=1S/C22H19FN6O2/c1-15-24-10-11-29(15)21-12-20(25-14-26-21)27-16-6-8-17(9-7-16)28-22(30)13-31-19-5-3-2-4-18(19)23/h2-12,14H,13H2,1H3,(H,28,30)(H,25,26,27). The van der Waals surface area contributed by atoms with Crippen molar-refractivity contribution in [1.82, 2.24) is 19.5 Å². The van der Waals surface area contributed by atoms with Crippen LogP contribution < -0.4 is 15.4 Å². The highest BCUT2D eigenvalue weighted by Crippen LogP contribution is 2.19. The van der Waals surface area contributed by atoms with E-state index in [0.717, 1.165) is 11.5 Å². The van der Waals surface area contributed by atoms with Crippen molar-refractivity contribution in [1.29, 1.82) is 0 Å². The molecule has 0 radical (unpaired) electrons. The van der Waals surface area contributed by atoms with Gasteiger partial charge in [0.05, 0.1) is 0 Å². The van der Waals surface area contributed by atoms with Crippen molar-refractivity contribution in [2.24, 2.45) is 0 Å². The number of anilines is 3. The smallest absolute Gasteiger partial charge is 0.262 e. The second-order valence-corrected chi connectivity index (χ2v) is 6.58. The highest BCUT2D eigenvalue weighted by Gasteiger charge is 2.08. The molecule has 2 heterocycles. The molecule has 0 aliphatic carbocycles. The number of benzene rings is 2. The van der Waals surface area contributed by atoms with E-state index in [2.05, 4.69) is 25.6 Å². The number of hydrogen-bond acceptors (Lipinski definition) is 6. The van der Waals surface area contributed by atoms with E-state index >= 15 is 0 Å². The van der Waals surface area contributed by atoms with E-state index in [-0.39, 0.29) is 18.3 Å². The SMILES string of the molecule is Cc1nccn1-c1cc(Nc2ccc(NC(=O)COc3ccccc3F)cc2)ncn1. The molecule has 4 aromatic rings. The lowest BCUT2D eigenvalue weighted by Gasteiger charge is -2.10. The Bertz CT molecular complexity index is 1190. The molecule has 1 amide bonds. The fraction of sp³-hybridized carbons (Fsp3) is 0.0909. The predicted molar refractivity (Wildman–Crippen MR) is 114 cm³/mol. The zero-order valence-electron chi connectivity index (χ0n) is 16.6. The normalized spacial score (nSPS) is 10.5. The lowest BCUT2D eigenvalue weighted by atomic mass is 10.2. The first-order chi connectivity index (χ1) is 15.1. The predicted octanol–water partition coefficient (Wildman–Crippen LogP) is 3.87. The fourth-order valence-corrected chi connectivity index (χ4v) is 2.85. The van der Waals surface area contributed by atoms with Crippen molar-refractivity contribution in [2.45, 2.75) is 6.92 Å². The van der Waals surface area contributed by atoms with Gasteiger partial charge in [-0.3, -0.25) is 9.36 Å². The van der Waals surface area contributed by atoms with E-state index in [1.165, 1.54) is 18.5 Å². The number of hydrogen-bond donors (Lipinski definition) is 2. The van der Waals surface area contributed by atoms with Crippen molar-refractivity contribution in [2.75, 3.05) is 17.2 Å². The van der Waals surface area contributed by atoms with E-state index in [9.17, 15) is 9.18 Å². The summed E-state index contributed by atoms with van der Waals surface area (Å²) in [6, 6.07) is 14.8. The molecule has 0 atom stereocenters. The Morgan fingerprint density at radius 3 is 2.58 bits per heavy atom. The number of carbonyl (C=O) groups excluding carboxylic acids is 1. The quantitative estimate of drug-likeness (QED) is 0.473. The Kier molecular flexibility index (Phi) is 5.84. The van der Waals surface area contributed by atoms with Crippen LogP contribution in [0.25, 0.3) is 5.82 Å². The molecule has 0 aliphatic rings. The summed E-state index contributed by atoms with van der Waals surface area (Å²) in [4.78, 5) is 24.7. The average Bonchev–Trinajstić information content (AvgIpc) is 3.21. The van der Waals surface area contributed by atoms with Gasteiger partial charge in [0.15, 0.2) is 18.2 Å². The molecule has 4 rings (SSSR count). The molecule has 0 aliphatic heterocycles. The molecule has 9 heteroatoms. The molecule has 8 nitrogen and oxygen atoms in total. The zero-order valence-corrected chi connectivity index (χ0v) is 16.6. The van der Waals surface area contributed by atoms with Crippen LogP contribution in [0, 0.1) is 12.7 Å². The third-order valence-corrected chi connectivity index (χ3v) is 4.36. The Hall–Kier alpha value is -4.27. The highest BCUT2D eigenvalue weighted by molar-refractivity contribution is 5.92. The van der Waals surface area contributed by atoms with Gasteiger partial charge >= 0.3 is 0 Å². The summed E-state index contributed by atoms with van der Waals surface area (Å²) in [5.74, 6) is 1.28. The van der Waals surface area contributed by atoms with Crippen LogP contribution in [0.5, 0.6) is 5.75 Å². The number of ether oxygens (including phenoxy) is 1. The number of nitrogens with one attached hydrogen (secondary N) is 2. The second-order valence-electron chi connectivity index (χ2n) is 6.58. The van der Waals surface area contributed by atoms with Crippen LogP contribution in [-0.4, -0.2) is 32.0 Å². The largest absolute Gasteiger partial charge is 0.481 e. The summed E-state index contributed by atoms with van der Waals surface area (Å²) in [6.45, 7) is 1.60. The van der Waals surface area contributed by atoms with Gasteiger partial charge in [0.25, 0.3) is 5.91 Å². The molecule has 0 saturated heterocycles. The summed E-state index contributed by atoms with van der Waals surface area (Å²) in [5.41, 5.74) is 1.37. The van der Waals surface area contributed by atoms with Crippen LogP contribution in [0.1, 0.15) is 5.82 Å². The number of aromatic nitrogens is 4. The molecule has 2 N–H and O–H groups in total. The maximum absolute atomic E-state index is 13.5. The van der Waals surface area contributed by atoms with E-state index < -0.39 is 5.82 Å². The number of imidazole rings is 1. The Labute approximate surface area is 177 Å². The minimum absolute atomic E-state index is 0.0345. The lowest BCUT2D eigenvalue weighted by Crippen LogP contribution is -2.20. The van der Waals surface area contributed by atoms with Crippen molar-refractivity contribution in [3.8, 4) is 11.6 Å². The first kappa shape index (κ1) is 20.0. The number of aryl methyl sites for hydroxylation is 1. The molecule has 0 spiro atoms. The van der Waals surface area contributed by atoms with Crippen molar-refractivity contribution < 1.29 is 13.9 Å². The van der Waals surface area contributed by atoms with E-state index in [4.69, 9.17) is 4.74 Å². The van der Waals surface area contributed by atoms with E-state index in [0.29, 0.717) is 17.3 Å². The van der Waals surface area contributed by atoms with Crippen LogP contribution in [0.3, 0.4) is 0 Å². The van der Waals surface area contributed by atoms with Crippen molar-refractivity contribution in [3.63, 3.8) is 0 Å². The van der Waals surface area contributed by atoms with Crippen LogP contribution in [0.4, 0.5) is 21.6 Å². The maximum atomic E-state index is 13.5. The molecule has 2 aromatic heterocycles. The summed E-state index contributed by atoms with van der Waals surface area (Å²) >= 11 is 0. The topological polar surface area (TPSA) is 94.0 Å². The van der Waals surface area contributed by atoms with E-state index in [1.807, 2.05) is 23.8 Å². The lowest BCUT2D eigenvalue weighted by molar-refractivity contribution is -0.118. The molecule has 0 unspecified atom stereocenters. The van der Waals surface area contributed by atoms with Crippen molar-refractivity contribution in [3.05, 3.63) is 85.0 Å². The van der Waals surface area contributed by atoms with Gasteiger partial charge in [-0.15, -0.1) is 0 Å². The molecular formula is C22H19FN6O2. The number of para-hydroxylation sites is 1. The molecule has 0 fully saturated rings. The van der Waals surface area contributed by atoms with Crippen LogP contribution in [0.15, 0.2) is 73.3 Å². The molecule has 156 valence electrons. The van der Waals surface area contributed by atoms with Crippen molar-refractivity contribution >= 4 is 23.1 Å². The van der Waals surface area contributed by atoms with Gasteiger partial charge in [0.2, 0.25) is 0 Å². The van der Waals surface area contributed by atoms with Crippen LogP contribution in [0.2, 0.25) is 0 Å². The van der Waals surface area contributed by atoms with E-state index in [1.54, 1.807) is 42.6 Å². The number of carbonyl (C=O) groups is 1. The second kappa shape index (κ2) is 9.04. The average molecular weight is 418 g/mol. The molecule has 0 saturated carbocycles. The maximum Gasteiger partial charge on any atom is 0.262 e. The Morgan fingerprint density at radius 2 is 1.84 bits per heavy atom. The first-order valence-corrected chi connectivity index (χ1v) is 9.45. The number of amides is 1. The molecule has 31 heavy (non-hydrogen) atoms. The Balaban J connectivity index is 1.35. The fourth-order valence-electron chi connectivity index (χ4n) is 2.85. The summed E-state index contributed by atoms with van der Waals surface area (Å²) in [5, 5.41) is 5.90. The van der Waals surface area contributed by atoms with Crippen LogP contribution >= 0.6 is 0 Å². The van der Waals surface area contributed by atoms with Gasteiger partial charge in [0.1, 0.15) is 23.8 Å².